The number of nitrogens with two attached hydrogens (primary N) is 1. The van der Waals surface area contributed by atoms with E-state index in [1.165, 1.54) is 6.42 Å². The van der Waals surface area contributed by atoms with Crippen molar-refractivity contribution in [1.82, 2.24) is 0 Å². The second-order valence-electron chi connectivity index (χ2n) is 6.61. The van der Waals surface area contributed by atoms with Crippen LogP contribution in [-0.4, -0.2) is 17.8 Å². The van der Waals surface area contributed by atoms with Gasteiger partial charge in [0.1, 0.15) is 0 Å². The summed E-state index contributed by atoms with van der Waals surface area (Å²) in [6, 6.07) is 0.427. The molecule has 4 aliphatic rings. The van der Waals surface area contributed by atoms with Crippen molar-refractivity contribution in [2.45, 2.75) is 26.3 Å². The van der Waals surface area contributed by atoms with Gasteiger partial charge in [0, 0.05) is 12.6 Å². The molecule has 4 saturated carbocycles. The maximum absolute atomic E-state index is 9.58. The molecule has 8 atom stereocenters. The minimum absolute atomic E-state index is 0.386. The van der Waals surface area contributed by atoms with Gasteiger partial charge in [-0.25, -0.2) is 0 Å². The molecule has 4 fully saturated rings. The van der Waals surface area contributed by atoms with Gasteiger partial charge >= 0.3 is 0 Å². The highest BCUT2D eigenvalue weighted by Crippen LogP contribution is 2.88. The standard InChI is InChI=1S/C13H21NO/c1-5-6(2)13(5)9-3-7-10(12(7)14)8(4-15)11(9)13/h5-12,15H,3-4,14H2,1-2H3. The number of hydrogen-bond acceptors (Lipinski definition) is 2. The summed E-state index contributed by atoms with van der Waals surface area (Å²) in [5.74, 6) is 5.58. The van der Waals surface area contributed by atoms with Crippen LogP contribution in [0, 0.1) is 46.8 Å². The summed E-state index contributed by atoms with van der Waals surface area (Å²) in [7, 11) is 0. The molecule has 0 aromatic heterocycles. The lowest BCUT2D eigenvalue weighted by molar-refractivity contribution is 0.162. The Morgan fingerprint density at radius 3 is 2.53 bits per heavy atom. The highest BCUT2D eigenvalue weighted by atomic mass is 16.3. The monoisotopic (exact) mass is 207 g/mol. The molecule has 8 unspecified atom stereocenters. The first-order valence-electron chi connectivity index (χ1n) is 6.52. The van der Waals surface area contributed by atoms with E-state index in [0.29, 0.717) is 29.9 Å². The number of hydrogen-bond donors (Lipinski definition) is 2. The maximum Gasteiger partial charge on any atom is 0.0465 e. The zero-order valence-corrected chi connectivity index (χ0v) is 9.56. The van der Waals surface area contributed by atoms with Crippen LogP contribution in [0.2, 0.25) is 0 Å². The Bertz CT molecular complexity index is 320. The molecule has 0 radical (unpaired) electrons. The van der Waals surface area contributed by atoms with Gasteiger partial charge in [-0.15, -0.1) is 0 Å². The van der Waals surface area contributed by atoms with E-state index in [9.17, 15) is 5.11 Å². The summed E-state index contributed by atoms with van der Waals surface area (Å²) in [6.45, 7) is 5.20. The topological polar surface area (TPSA) is 46.2 Å². The predicted molar refractivity (Wildman–Crippen MR) is 57.9 cm³/mol. The van der Waals surface area contributed by atoms with Crippen LogP contribution in [0.4, 0.5) is 0 Å². The van der Waals surface area contributed by atoms with Crippen LogP contribution in [0.15, 0.2) is 0 Å². The lowest BCUT2D eigenvalue weighted by Crippen LogP contribution is -2.19. The lowest BCUT2D eigenvalue weighted by atomic mass is 9.89. The zero-order valence-electron chi connectivity index (χ0n) is 9.56. The van der Waals surface area contributed by atoms with E-state index in [4.69, 9.17) is 5.73 Å². The Labute approximate surface area is 91.2 Å². The Balaban J connectivity index is 1.64. The average molecular weight is 207 g/mol. The van der Waals surface area contributed by atoms with E-state index in [2.05, 4.69) is 13.8 Å². The van der Waals surface area contributed by atoms with Crippen molar-refractivity contribution in [2.24, 2.45) is 52.6 Å². The lowest BCUT2D eigenvalue weighted by Gasteiger charge is -2.17. The number of rotatable bonds is 1. The van der Waals surface area contributed by atoms with Gasteiger partial charge in [-0.1, -0.05) is 13.8 Å². The molecular weight excluding hydrogens is 186 g/mol. The Hall–Kier alpha value is -0.0800. The quantitative estimate of drug-likeness (QED) is 0.676. The van der Waals surface area contributed by atoms with Crippen LogP contribution in [-0.2, 0) is 0 Å². The molecule has 0 aromatic carbocycles. The Kier molecular flexibility index (Phi) is 1.37. The summed E-state index contributed by atoms with van der Waals surface area (Å²) in [5, 5.41) is 9.58. The molecule has 3 N–H and O–H groups in total. The average Bonchev–Trinajstić information content (AvgIpc) is 3.15. The van der Waals surface area contributed by atoms with Crippen LogP contribution < -0.4 is 5.73 Å². The molecule has 2 heteroatoms. The van der Waals surface area contributed by atoms with E-state index in [1.54, 1.807) is 0 Å². The van der Waals surface area contributed by atoms with Crippen LogP contribution in [0.1, 0.15) is 20.3 Å². The van der Waals surface area contributed by atoms with E-state index < -0.39 is 0 Å². The Morgan fingerprint density at radius 2 is 2.00 bits per heavy atom. The molecule has 84 valence electrons. The highest BCUT2D eigenvalue weighted by Gasteiger charge is 2.85. The van der Waals surface area contributed by atoms with Gasteiger partial charge < -0.3 is 10.8 Å². The fourth-order valence-electron chi connectivity index (χ4n) is 5.79. The minimum Gasteiger partial charge on any atom is -0.396 e. The Morgan fingerprint density at radius 1 is 1.33 bits per heavy atom. The summed E-state index contributed by atoms with van der Waals surface area (Å²) >= 11 is 0. The van der Waals surface area contributed by atoms with Gasteiger partial charge in [0.05, 0.1) is 0 Å². The third kappa shape index (κ3) is 0.734. The largest absolute Gasteiger partial charge is 0.396 e. The molecule has 15 heavy (non-hydrogen) atoms. The minimum atomic E-state index is 0.386. The van der Waals surface area contributed by atoms with Gasteiger partial charge in [0.2, 0.25) is 0 Å². The molecule has 0 saturated heterocycles. The van der Waals surface area contributed by atoms with E-state index >= 15 is 0 Å². The van der Waals surface area contributed by atoms with Crippen molar-refractivity contribution in [3.8, 4) is 0 Å². The molecule has 0 heterocycles. The zero-order chi connectivity index (χ0) is 10.5. The predicted octanol–water partition coefficient (Wildman–Crippen LogP) is 1.09. The molecule has 4 rings (SSSR count). The van der Waals surface area contributed by atoms with Crippen molar-refractivity contribution in [1.29, 1.82) is 0 Å². The van der Waals surface area contributed by atoms with E-state index in [1.807, 2.05) is 0 Å². The fourth-order valence-corrected chi connectivity index (χ4v) is 5.79. The van der Waals surface area contributed by atoms with Crippen molar-refractivity contribution in [2.75, 3.05) is 6.61 Å². The molecule has 2 nitrogen and oxygen atoms in total. The third-order valence-electron chi connectivity index (χ3n) is 6.75. The van der Waals surface area contributed by atoms with E-state index in [0.717, 1.165) is 29.6 Å². The summed E-state index contributed by atoms with van der Waals surface area (Å²) in [6.07, 6.45) is 1.38. The van der Waals surface area contributed by atoms with Crippen LogP contribution in [0.5, 0.6) is 0 Å². The molecular formula is C13H21NO. The van der Waals surface area contributed by atoms with Crippen molar-refractivity contribution in [3.05, 3.63) is 0 Å². The van der Waals surface area contributed by atoms with Gasteiger partial charge in [-0.3, -0.25) is 0 Å². The number of aliphatic hydroxyl groups excluding tert-OH is 1. The van der Waals surface area contributed by atoms with Crippen molar-refractivity contribution < 1.29 is 5.11 Å². The molecule has 0 aliphatic heterocycles. The van der Waals surface area contributed by atoms with Crippen LogP contribution >= 0.6 is 0 Å². The summed E-state index contributed by atoms with van der Waals surface area (Å²) in [4.78, 5) is 0. The second-order valence-corrected chi connectivity index (χ2v) is 6.61. The van der Waals surface area contributed by atoms with Gasteiger partial charge in [0.15, 0.2) is 0 Å². The molecule has 0 bridgehead atoms. The first kappa shape index (κ1) is 9.00. The fraction of sp³-hybridized carbons (Fsp3) is 1.00. The molecule has 4 aliphatic carbocycles. The molecule has 0 aromatic rings. The third-order valence-corrected chi connectivity index (χ3v) is 6.75. The van der Waals surface area contributed by atoms with Crippen molar-refractivity contribution in [3.63, 3.8) is 0 Å². The van der Waals surface area contributed by atoms with Crippen molar-refractivity contribution >= 4 is 0 Å². The number of aliphatic hydroxyl groups is 1. The highest BCUT2D eigenvalue weighted by molar-refractivity contribution is 5.33. The first-order valence-corrected chi connectivity index (χ1v) is 6.52. The smallest absolute Gasteiger partial charge is 0.0465 e. The normalized spacial score (nSPS) is 73.6. The molecule has 0 amide bonds. The van der Waals surface area contributed by atoms with Crippen LogP contribution in [0.3, 0.4) is 0 Å². The second kappa shape index (κ2) is 2.28. The molecule has 1 spiro atoms. The van der Waals surface area contributed by atoms with E-state index in [-0.39, 0.29) is 0 Å². The SMILES string of the molecule is CC1C(C)C12C1CC3C(N)C3C(CO)C12. The maximum atomic E-state index is 9.58. The first-order chi connectivity index (χ1) is 7.15. The van der Waals surface area contributed by atoms with Crippen LogP contribution in [0.25, 0.3) is 0 Å². The summed E-state index contributed by atoms with van der Waals surface area (Å²) < 4.78 is 0. The van der Waals surface area contributed by atoms with Gasteiger partial charge in [-0.05, 0) is 53.3 Å². The van der Waals surface area contributed by atoms with Gasteiger partial charge in [-0.2, -0.15) is 0 Å². The summed E-state index contributed by atoms with van der Waals surface area (Å²) in [5.41, 5.74) is 6.75. The van der Waals surface area contributed by atoms with Gasteiger partial charge in [0.25, 0.3) is 0 Å². The number of fused-ring (bicyclic) bond motifs is 4.